The zero-order valence-corrected chi connectivity index (χ0v) is 18.2. The van der Waals surface area contributed by atoms with Crippen molar-refractivity contribution < 1.29 is 34.1 Å². The number of nitrogens with zero attached hydrogens (tertiary/aromatic N) is 1. The first kappa shape index (κ1) is 25.2. The van der Waals surface area contributed by atoms with E-state index in [1.807, 2.05) is 32.9 Å². The molecule has 9 nitrogen and oxygen atoms in total. The van der Waals surface area contributed by atoms with Gasteiger partial charge in [0.05, 0.1) is 14.2 Å². The number of aliphatic carboxylic acids is 2. The van der Waals surface area contributed by atoms with Gasteiger partial charge in [0.15, 0.2) is 11.5 Å². The molecule has 1 amide bonds. The van der Waals surface area contributed by atoms with Crippen LogP contribution in [-0.4, -0.2) is 65.8 Å². The first-order valence-corrected chi connectivity index (χ1v) is 9.68. The molecule has 0 spiro atoms. The summed E-state index contributed by atoms with van der Waals surface area (Å²) in [6, 6.07) is 6.04. The molecule has 0 atom stereocenters. The number of benzene rings is 1. The highest BCUT2D eigenvalue weighted by molar-refractivity contribution is 6.27. The molecule has 1 saturated heterocycles. The first-order chi connectivity index (χ1) is 14.0. The van der Waals surface area contributed by atoms with Crippen LogP contribution in [0.2, 0.25) is 0 Å². The number of amides is 1. The van der Waals surface area contributed by atoms with Gasteiger partial charge in [-0.1, -0.05) is 6.07 Å². The smallest absolute Gasteiger partial charge is 0.414 e. The Kier molecular flexibility index (Phi) is 9.58. The van der Waals surface area contributed by atoms with E-state index in [1.54, 1.807) is 14.2 Å². The molecular formula is C21H32N2O7. The van der Waals surface area contributed by atoms with Gasteiger partial charge in [0.2, 0.25) is 5.91 Å². The summed E-state index contributed by atoms with van der Waals surface area (Å²) < 4.78 is 10.6. The lowest BCUT2D eigenvalue weighted by molar-refractivity contribution is -0.159. The molecule has 1 aromatic rings. The summed E-state index contributed by atoms with van der Waals surface area (Å²) in [6.45, 7) is 8.83. The number of rotatable bonds is 5. The van der Waals surface area contributed by atoms with E-state index in [-0.39, 0.29) is 17.4 Å². The number of likely N-dealkylation sites (tertiary alicyclic amines) is 1. The fraction of sp³-hybridized carbons (Fsp3) is 0.571. The third-order valence-electron chi connectivity index (χ3n) is 4.49. The summed E-state index contributed by atoms with van der Waals surface area (Å²) in [5.74, 6) is -1.82. The third kappa shape index (κ3) is 8.69. The van der Waals surface area contributed by atoms with Gasteiger partial charge < -0.3 is 25.0 Å². The van der Waals surface area contributed by atoms with Gasteiger partial charge in [0.25, 0.3) is 0 Å². The van der Waals surface area contributed by atoms with Gasteiger partial charge in [-0.05, 0) is 64.4 Å². The van der Waals surface area contributed by atoms with E-state index >= 15 is 0 Å². The van der Waals surface area contributed by atoms with Gasteiger partial charge in [-0.25, -0.2) is 9.59 Å². The summed E-state index contributed by atoms with van der Waals surface area (Å²) in [5.41, 5.74) is 1.04. The fourth-order valence-electron chi connectivity index (χ4n) is 3.06. The van der Waals surface area contributed by atoms with Gasteiger partial charge in [0.1, 0.15) is 0 Å². The average Bonchev–Trinajstić information content (AvgIpc) is 2.67. The van der Waals surface area contributed by atoms with E-state index < -0.39 is 11.9 Å². The Labute approximate surface area is 177 Å². The van der Waals surface area contributed by atoms with Crippen LogP contribution < -0.4 is 14.8 Å². The minimum absolute atomic E-state index is 0.130. The Morgan fingerprint density at radius 2 is 1.57 bits per heavy atom. The lowest BCUT2D eigenvalue weighted by atomic mass is 9.94. The van der Waals surface area contributed by atoms with Gasteiger partial charge in [-0.15, -0.1) is 0 Å². The van der Waals surface area contributed by atoms with Gasteiger partial charge in [-0.2, -0.15) is 0 Å². The Morgan fingerprint density at radius 1 is 1.03 bits per heavy atom. The highest BCUT2D eigenvalue weighted by atomic mass is 16.5. The van der Waals surface area contributed by atoms with Crippen LogP contribution in [0.1, 0.15) is 39.2 Å². The second-order valence-corrected chi connectivity index (χ2v) is 8.09. The number of hydrogen-bond donors (Lipinski definition) is 3. The summed E-state index contributed by atoms with van der Waals surface area (Å²) in [4.78, 5) is 32.9. The molecule has 1 aliphatic rings. The van der Waals surface area contributed by atoms with Crippen molar-refractivity contribution in [3.8, 4) is 11.5 Å². The summed E-state index contributed by atoms with van der Waals surface area (Å²) in [7, 11) is 3.30. The quantitative estimate of drug-likeness (QED) is 0.613. The van der Waals surface area contributed by atoms with Crippen LogP contribution in [0.5, 0.6) is 11.5 Å². The lowest BCUT2D eigenvalue weighted by Crippen LogP contribution is -2.46. The zero-order chi connectivity index (χ0) is 22.9. The van der Waals surface area contributed by atoms with Crippen molar-refractivity contribution in [3.63, 3.8) is 0 Å². The topological polar surface area (TPSA) is 125 Å². The molecule has 1 fully saturated rings. The van der Waals surface area contributed by atoms with Crippen molar-refractivity contribution in [2.45, 2.75) is 45.7 Å². The lowest BCUT2D eigenvalue weighted by Gasteiger charge is -2.33. The van der Waals surface area contributed by atoms with Gasteiger partial charge in [0, 0.05) is 18.0 Å². The summed E-state index contributed by atoms with van der Waals surface area (Å²) in [6.07, 6.45) is 1.82. The van der Waals surface area contributed by atoms with Crippen LogP contribution >= 0.6 is 0 Å². The first-order valence-electron chi connectivity index (χ1n) is 9.68. The largest absolute Gasteiger partial charge is 0.493 e. The van der Waals surface area contributed by atoms with Crippen molar-refractivity contribution in [3.05, 3.63) is 23.8 Å². The maximum absolute atomic E-state index is 12.3. The number of carboxylic acids is 2. The van der Waals surface area contributed by atoms with E-state index in [9.17, 15) is 4.79 Å². The molecule has 1 heterocycles. The molecule has 0 saturated carbocycles. The minimum atomic E-state index is -1.82. The molecule has 0 aliphatic carbocycles. The van der Waals surface area contributed by atoms with Crippen LogP contribution in [-0.2, 0) is 20.9 Å². The van der Waals surface area contributed by atoms with Gasteiger partial charge in [-0.3, -0.25) is 9.69 Å². The van der Waals surface area contributed by atoms with E-state index in [2.05, 4.69) is 16.3 Å². The predicted molar refractivity (Wildman–Crippen MR) is 111 cm³/mol. The molecule has 2 rings (SSSR count). The van der Waals surface area contributed by atoms with Crippen LogP contribution in [0.25, 0.3) is 0 Å². The molecule has 0 aromatic heterocycles. The molecule has 30 heavy (non-hydrogen) atoms. The van der Waals surface area contributed by atoms with Crippen LogP contribution in [0.4, 0.5) is 0 Å². The van der Waals surface area contributed by atoms with Crippen LogP contribution in [0.15, 0.2) is 18.2 Å². The molecule has 1 aliphatic heterocycles. The standard InChI is InChI=1S/C19H30N2O3.C2H2O4/c1-19(2,3)20-18(22)15-8-10-21(11-9-15)13-14-6-7-16(23-4)17(12-14)24-5;3-1(4)2(5)6/h6-7,12,15H,8-11,13H2,1-5H3,(H,20,22);(H,3,4)(H,5,6). The Balaban J connectivity index is 0.000000656. The summed E-state index contributed by atoms with van der Waals surface area (Å²) in [5, 5.41) is 17.9. The van der Waals surface area contributed by atoms with E-state index in [1.165, 1.54) is 5.56 Å². The molecule has 3 N–H and O–H groups in total. The van der Waals surface area contributed by atoms with Crippen molar-refractivity contribution in [1.82, 2.24) is 10.2 Å². The van der Waals surface area contributed by atoms with E-state index in [4.69, 9.17) is 29.3 Å². The number of hydrogen-bond acceptors (Lipinski definition) is 6. The molecule has 1 aromatic carbocycles. The number of ether oxygens (including phenoxy) is 2. The van der Waals surface area contributed by atoms with Crippen LogP contribution in [0, 0.1) is 5.92 Å². The third-order valence-corrected chi connectivity index (χ3v) is 4.49. The maximum atomic E-state index is 12.3. The second kappa shape index (κ2) is 11.4. The molecule has 0 unspecified atom stereocenters. The Bertz CT molecular complexity index is 723. The number of nitrogens with one attached hydrogen (secondary N) is 1. The average molecular weight is 424 g/mol. The normalized spacial score (nSPS) is 14.8. The molecule has 0 bridgehead atoms. The van der Waals surface area contributed by atoms with Gasteiger partial charge >= 0.3 is 11.9 Å². The monoisotopic (exact) mass is 424 g/mol. The minimum Gasteiger partial charge on any atom is -0.493 e. The Hall–Kier alpha value is -2.81. The van der Waals surface area contributed by atoms with E-state index in [0.29, 0.717) is 0 Å². The number of carboxylic acid groups (broad SMARTS) is 2. The second-order valence-electron chi connectivity index (χ2n) is 8.09. The molecule has 9 heteroatoms. The number of methoxy groups -OCH3 is 2. The SMILES string of the molecule is COc1ccc(CN2CCC(C(=O)NC(C)(C)C)CC2)cc1OC.O=C(O)C(=O)O. The van der Waals surface area contributed by atoms with Crippen LogP contribution in [0.3, 0.4) is 0 Å². The zero-order valence-electron chi connectivity index (χ0n) is 18.2. The highest BCUT2D eigenvalue weighted by Crippen LogP contribution is 2.28. The van der Waals surface area contributed by atoms with Crippen molar-refractivity contribution in [1.29, 1.82) is 0 Å². The molecule has 168 valence electrons. The van der Waals surface area contributed by atoms with Crippen molar-refractivity contribution in [2.75, 3.05) is 27.3 Å². The highest BCUT2D eigenvalue weighted by Gasteiger charge is 2.27. The maximum Gasteiger partial charge on any atom is 0.414 e. The van der Waals surface area contributed by atoms with Crippen molar-refractivity contribution >= 4 is 17.8 Å². The molecule has 0 radical (unpaired) electrons. The Morgan fingerprint density at radius 3 is 2.00 bits per heavy atom. The number of carbonyl (C=O) groups excluding carboxylic acids is 1. The summed E-state index contributed by atoms with van der Waals surface area (Å²) >= 11 is 0. The fourth-order valence-corrected chi connectivity index (χ4v) is 3.06. The molecular weight excluding hydrogens is 392 g/mol. The van der Waals surface area contributed by atoms with E-state index in [0.717, 1.165) is 44.0 Å². The number of carbonyl (C=O) groups is 3. The number of piperidine rings is 1. The predicted octanol–water partition coefficient (Wildman–Crippen LogP) is 1.99. The van der Waals surface area contributed by atoms with Crippen molar-refractivity contribution in [2.24, 2.45) is 5.92 Å².